The molecule has 0 saturated heterocycles. The maximum atomic E-state index is 15.9. The van der Waals surface area contributed by atoms with Crippen LogP contribution in [0.1, 0.15) is 11.1 Å². The Kier molecular flexibility index (Phi) is 9.59. The normalized spacial score (nSPS) is 11.7. The van der Waals surface area contributed by atoms with E-state index in [0.29, 0.717) is 16.9 Å². The molecule has 0 atom stereocenters. The van der Waals surface area contributed by atoms with Gasteiger partial charge in [0.05, 0.1) is 73.4 Å². The van der Waals surface area contributed by atoms with Crippen LogP contribution in [0.5, 0.6) is 0 Å². The minimum atomic E-state index is -4.78. The molecule has 12 rings (SSSR count). The van der Waals surface area contributed by atoms with Gasteiger partial charge < -0.3 is 9.13 Å². The number of alkyl halides is 3. The Morgan fingerprint density at radius 3 is 1.29 bits per heavy atom. The van der Waals surface area contributed by atoms with Crippen molar-refractivity contribution in [2.24, 2.45) is 0 Å². The zero-order chi connectivity index (χ0) is 45.9. The average molecular weight is 884 g/mol. The Morgan fingerprint density at radius 2 is 0.794 bits per heavy atom. The van der Waals surface area contributed by atoms with Crippen LogP contribution >= 0.6 is 0 Å². The summed E-state index contributed by atoms with van der Waals surface area (Å²) >= 11 is 0. The highest BCUT2D eigenvalue weighted by atomic mass is 19.4. The van der Waals surface area contributed by atoms with Crippen LogP contribution in [0.4, 0.5) is 13.2 Å². The first kappa shape index (κ1) is 40.4. The van der Waals surface area contributed by atoms with E-state index in [2.05, 4.69) is 28.8 Å². The number of nitrogens with zero attached hydrogens (tertiary/aromatic N) is 5. The number of para-hydroxylation sites is 2. The second kappa shape index (κ2) is 16.1. The molecule has 0 spiro atoms. The van der Waals surface area contributed by atoms with Gasteiger partial charge in [0.2, 0.25) is 0 Å². The molecule has 0 unspecified atom stereocenters. The molecule has 0 N–H and O–H groups in total. The molecule has 322 valence electrons. The lowest BCUT2D eigenvalue weighted by Crippen LogP contribution is -2.12. The Balaban J connectivity index is 1.18. The molecule has 0 amide bonds. The summed E-state index contributed by atoms with van der Waals surface area (Å²) in [4.78, 5) is 10.2. The minimum absolute atomic E-state index is 0.0453. The molecule has 12 aromatic rings. The number of aromatic nitrogens is 4. The lowest BCUT2D eigenvalue weighted by molar-refractivity contribution is -0.137. The predicted octanol–water partition coefficient (Wildman–Crippen LogP) is 15.9. The highest BCUT2D eigenvalue weighted by Crippen LogP contribution is 2.46. The number of fused-ring (bicyclic) bond motifs is 6. The summed E-state index contributed by atoms with van der Waals surface area (Å²) < 4.78 is 51.8. The molecule has 0 aliphatic carbocycles. The summed E-state index contributed by atoms with van der Waals surface area (Å²) in [6, 6.07) is 71.4. The number of pyridine rings is 2. The third-order valence-electron chi connectivity index (χ3n) is 12.8. The third kappa shape index (κ3) is 6.88. The van der Waals surface area contributed by atoms with E-state index < -0.39 is 11.7 Å². The molecule has 0 aliphatic rings. The van der Waals surface area contributed by atoms with Crippen molar-refractivity contribution in [3.05, 3.63) is 230 Å². The van der Waals surface area contributed by atoms with Gasteiger partial charge >= 0.3 is 6.18 Å². The van der Waals surface area contributed by atoms with E-state index in [0.717, 1.165) is 83.1 Å². The largest absolute Gasteiger partial charge is 0.417 e. The van der Waals surface area contributed by atoms with Crippen molar-refractivity contribution in [1.82, 2.24) is 19.1 Å². The van der Waals surface area contributed by atoms with Crippen molar-refractivity contribution in [2.45, 2.75) is 6.18 Å². The van der Waals surface area contributed by atoms with Crippen LogP contribution in [0.25, 0.3) is 111 Å². The van der Waals surface area contributed by atoms with Crippen molar-refractivity contribution < 1.29 is 13.2 Å². The van der Waals surface area contributed by atoms with Gasteiger partial charge in [0.25, 0.3) is 0 Å². The third-order valence-corrected chi connectivity index (χ3v) is 12.8. The van der Waals surface area contributed by atoms with E-state index in [1.165, 1.54) is 12.1 Å². The fraction of sp³-hybridized carbons (Fsp3) is 0.0167. The van der Waals surface area contributed by atoms with Crippen molar-refractivity contribution >= 4 is 43.6 Å². The highest BCUT2D eigenvalue weighted by molar-refractivity contribution is 6.13. The van der Waals surface area contributed by atoms with Crippen LogP contribution < -0.4 is 0 Å². The van der Waals surface area contributed by atoms with Gasteiger partial charge in [-0.05, 0) is 83.9 Å². The molecule has 8 aromatic carbocycles. The van der Waals surface area contributed by atoms with Crippen LogP contribution in [0.3, 0.4) is 0 Å². The summed E-state index contributed by atoms with van der Waals surface area (Å²) in [5, 5.41) is 13.6. The average Bonchev–Trinajstić information content (AvgIpc) is 3.90. The second-order valence-electron chi connectivity index (χ2n) is 16.8. The Hall–Kier alpha value is -9.06. The zero-order valence-electron chi connectivity index (χ0n) is 36.2. The van der Waals surface area contributed by atoms with Gasteiger partial charge in [-0.25, -0.2) is 9.97 Å². The van der Waals surface area contributed by atoms with Crippen LogP contribution in [0, 0.1) is 11.3 Å². The fourth-order valence-electron chi connectivity index (χ4n) is 9.67. The summed E-state index contributed by atoms with van der Waals surface area (Å²) in [5.41, 5.74) is 10.3. The number of hydrogen-bond acceptors (Lipinski definition) is 3. The van der Waals surface area contributed by atoms with Crippen molar-refractivity contribution in [3.8, 4) is 73.6 Å². The summed E-state index contributed by atoms with van der Waals surface area (Å²) in [6.45, 7) is 0. The van der Waals surface area contributed by atoms with Crippen LogP contribution in [0.2, 0.25) is 0 Å². The van der Waals surface area contributed by atoms with E-state index in [9.17, 15) is 5.26 Å². The van der Waals surface area contributed by atoms with Crippen LogP contribution in [-0.4, -0.2) is 19.1 Å². The first-order chi connectivity index (χ1) is 33.3. The molecule has 0 radical (unpaired) electrons. The molecule has 68 heavy (non-hydrogen) atoms. The lowest BCUT2D eigenvalue weighted by atomic mass is 9.95. The topological polar surface area (TPSA) is 59.4 Å². The number of nitriles is 1. The molecule has 0 bridgehead atoms. The molecular formula is C60H36F3N5. The molecule has 5 nitrogen and oxygen atoms in total. The van der Waals surface area contributed by atoms with Gasteiger partial charge in [-0.2, -0.15) is 18.4 Å². The monoisotopic (exact) mass is 883 g/mol. The maximum absolute atomic E-state index is 15.9. The van der Waals surface area contributed by atoms with Crippen molar-refractivity contribution in [2.75, 3.05) is 0 Å². The van der Waals surface area contributed by atoms with Gasteiger partial charge in [-0.1, -0.05) is 146 Å². The standard InChI is InChI=1S/C60H36F3N5/c61-60(62,63)49-36-59(68-55-27-10-8-21-45(55)47-31-29-43(34-57(47)68)53-25-13-23-51(66-53)40-17-5-2-6-18-40)58(35-48(49)41-19-11-14-38(32-41)37-64)67-54-26-9-7-20-44(54)46-30-28-42(33-56(46)67)52-24-12-22-50(65-52)39-15-3-1-4-16-39/h1-36H. The van der Waals surface area contributed by atoms with Crippen LogP contribution in [-0.2, 0) is 6.18 Å². The minimum Gasteiger partial charge on any atom is -0.307 e. The molecule has 4 aromatic heterocycles. The van der Waals surface area contributed by atoms with Gasteiger partial charge in [-0.15, -0.1) is 0 Å². The zero-order valence-corrected chi connectivity index (χ0v) is 36.2. The van der Waals surface area contributed by atoms with Crippen molar-refractivity contribution in [1.29, 1.82) is 5.26 Å². The summed E-state index contributed by atoms with van der Waals surface area (Å²) in [7, 11) is 0. The Labute approximate surface area is 388 Å². The predicted molar refractivity (Wildman–Crippen MR) is 268 cm³/mol. The first-order valence-electron chi connectivity index (χ1n) is 22.2. The number of benzene rings is 8. The molecular weight excluding hydrogens is 848 g/mol. The molecule has 0 saturated carbocycles. The van der Waals surface area contributed by atoms with Crippen LogP contribution in [0.15, 0.2) is 218 Å². The number of halogens is 3. The second-order valence-corrected chi connectivity index (χ2v) is 16.8. The van der Waals surface area contributed by atoms with E-state index in [1.807, 2.05) is 168 Å². The van der Waals surface area contributed by atoms with E-state index in [1.54, 1.807) is 24.3 Å². The number of hydrogen-bond donors (Lipinski definition) is 0. The quantitative estimate of drug-likeness (QED) is 0.160. The van der Waals surface area contributed by atoms with Gasteiger partial charge in [0, 0.05) is 43.8 Å². The maximum Gasteiger partial charge on any atom is 0.417 e. The Morgan fingerprint density at radius 1 is 0.368 bits per heavy atom. The fourth-order valence-corrected chi connectivity index (χ4v) is 9.67. The van der Waals surface area contributed by atoms with E-state index in [-0.39, 0.29) is 16.7 Å². The lowest BCUT2D eigenvalue weighted by Gasteiger charge is -2.22. The SMILES string of the molecule is N#Cc1cccc(-c2cc(-n3c4ccccc4c4ccc(-c5cccc(-c6ccccc6)n5)cc43)c(-n3c4ccccc4c4ccc(-c5cccc(-c6ccccc6)n5)cc43)cc2C(F)(F)F)c1. The smallest absolute Gasteiger partial charge is 0.307 e. The molecule has 4 heterocycles. The van der Waals surface area contributed by atoms with Gasteiger partial charge in [0.1, 0.15) is 0 Å². The van der Waals surface area contributed by atoms with E-state index in [4.69, 9.17) is 9.97 Å². The summed E-state index contributed by atoms with van der Waals surface area (Å²) in [6.07, 6.45) is -4.78. The van der Waals surface area contributed by atoms with Gasteiger partial charge in [0.15, 0.2) is 0 Å². The Bertz CT molecular complexity index is 3970. The summed E-state index contributed by atoms with van der Waals surface area (Å²) in [5.74, 6) is 0. The number of rotatable bonds is 7. The highest BCUT2D eigenvalue weighted by Gasteiger charge is 2.36. The molecule has 8 heteroatoms. The van der Waals surface area contributed by atoms with Crippen molar-refractivity contribution in [3.63, 3.8) is 0 Å². The van der Waals surface area contributed by atoms with E-state index >= 15 is 13.2 Å². The molecule has 0 fully saturated rings. The molecule has 0 aliphatic heterocycles. The van der Waals surface area contributed by atoms with Gasteiger partial charge in [-0.3, -0.25) is 0 Å². The first-order valence-corrected chi connectivity index (χ1v) is 22.2.